The lowest BCUT2D eigenvalue weighted by Gasteiger charge is -2.39. The number of rotatable bonds is 3. The van der Waals surface area contributed by atoms with E-state index in [0.29, 0.717) is 11.8 Å². The molecule has 0 nitrogen and oxygen atoms in total. The van der Waals surface area contributed by atoms with Crippen LogP contribution in [-0.4, -0.2) is 0 Å². The van der Waals surface area contributed by atoms with Crippen molar-refractivity contribution in [2.24, 2.45) is 11.8 Å². The Morgan fingerprint density at radius 2 is 1.15 bits per heavy atom. The van der Waals surface area contributed by atoms with Gasteiger partial charge < -0.3 is 0 Å². The molecule has 0 radical (unpaired) electrons. The van der Waals surface area contributed by atoms with Crippen LogP contribution in [0.5, 0.6) is 0 Å². The third-order valence-electron chi connectivity index (χ3n) is 10.5. The van der Waals surface area contributed by atoms with Crippen LogP contribution in [0.15, 0.2) is 180 Å². The minimum Gasteiger partial charge on any atom is -0.0926 e. The molecule has 1 heteroatoms. The van der Waals surface area contributed by atoms with E-state index in [4.69, 9.17) is 0 Å². The molecule has 3 unspecified atom stereocenters. The normalized spacial score (nSPS) is 21.6. The molecular weight excluding hydrogens is 573 g/mol. The van der Waals surface area contributed by atoms with Crippen molar-refractivity contribution >= 4 is 28.1 Å². The van der Waals surface area contributed by atoms with E-state index in [-0.39, 0.29) is 0 Å². The zero-order valence-corrected chi connectivity index (χ0v) is 26.0. The van der Waals surface area contributed by atoms with Gasteiger partial charge in [-0.25, -0.2) is 0 Å². The Hall–Kier alpha value is -5.11. The fourth-order valence-electron chi connectivity index (χ4n) is 8.72. The first kappa shape index (κ1) is 26.1. The monoisotopic (exact) mass is 602 g/mol. The highest BCUT2D eigenvalue weighted by Gasteiger charge is 2.48. The second kappa shape index (κ2) is 9.94. The van der Waals surface area contributed by atoms with Gasteiger partial charge in [0, 0.05) is 16.7 Å². The Bertz CT molecular complexity index is 2350. The second-order valence-electron chi connectivity index (χ2n) is 12.7. The molecule has 216 valence electrons. The van der Waals surface area contributed by atoms with Crippen LogP contribution in [0.4, 0.5) is 0 Å². The van der Waals surface area contributed by atoms with Crippen LogP contribution in [0.2, 0.25) is 0 Å². The van der Waals surface area contributed by atoms with Gasteiger partial charge in [0.25, 0.3) is 0 Å². The van der Waals surface area contributed by atoms with Crippen molar-refractivity contribution < 1.29 is 0 Å². The zero-order chi connectivity index (χ0) is 30.2. The highest BCUT2D eigenvalue weighted by molar-refractivity contribution is 8.03. The lowest BCUT2D eigenvalue weighted by Crippen LogP contribution is -2.29. The summed E-state index contributed by atoms with van der Waals surface area (Å²) < 4.78 is 0. The van der Waals surface area contributed by atoms with E-state index in [1.165, 1.54) is 76.2 Å². The van der Waals surface area contributed by atoms with Crippen LogP contribution in [0.1, 0.15) is 27.8 Å². The van der Waals surface area contributed by atoms with Crippen LogP contribution in [-0.2, 0) is 5.41 Å². The number of allylic oxidation sites excluding steroid dienone is 8. The van der Waals surface area contributed by atoms with E-state index >= 15 is 0 Å². The van der Waals surface area contributed by atoms with Gasteiger partial charge in [-0.3, -0.25) is 0 Å². The SMILES string of the molecule is C1=CC2C=CC=C3c4cccc(-c5ccccc5C5(c6ccccc6)c6ccccc6-c6ccc7ccccc7c65)c4SC(=C1)C32. The average molecular weight is 603 g/mol. The van der Waals surface area contributed by atoms with Gasteiger partial charge in [-0.2, -0.15) is 0 Å². The smallest absolute Gasteiger partial charge is 0.0725 e. The average Bonchev–Trinajstić information content (AvgIpc) is 3.44. The second-order valence-corrected chi connectivity index (χ2v) is 13.8. The maximum absolute atomic E-state index is 2.40. The van der Waals surface area contributed by atoms with Crippen LogP contribution >= 0.6 is 11.8 Å². The Morgan fingerprint density at radius 3 is 1.98 bits per heavy atom. The summed E-state index contributed by atoms with van der Waals surface area (Å²) in [5.41, 5.74) is 12.9. The fraction of sp³-hybridized carbons (Fsp3) is 0.0667. The maximum Gasteiger partial charge on any atom is 0.0725 e. The summed E-state index contributed by atoms with van der Waals surface area (Å²) in [6, 6.07) is 50.1. The van der Waals surface area contributed by atoms with E-state index in [0.717, 1.165) is 0 Å². The number of hydrogen-bond acceptors (Lipinski definition) is 1. The largest absolute Gasteiger partial charge is 0.0926 e. The zero-order valence-electron chi connectivity index (χ0n) is 25.2. The lowest BCUT2D eigenvalue weighted by atomic mass is 9.65. The van der Waals surface area contributed by atoms with Crippen molar-refractivity contribution in [2.75, 3.05) is 0 Å². The van der Waals surface area contributed by atoms with Crippen LogP contribution in [0, 0.1) is 11.8 Å². The topological polar surface area (TPSA) is 0 Å². The van der Waals surface area contributed by atoms with E-state index in [1.54, 1.807) is 0 Å². The summed E-state index contributed by atoms with van der Waals surface area (Å²) in [7, 11) is 0. The Labute approximate surface area is 274 Å². The number of hydrogen-bond donors (Lipinski definition) is 0. The lowest BCUT2D eigenvalue weighted by molar-refractivity contribution is 0.663. The van der Waals surface area contributed by atoms with E-state index in [1.807, 2.05) is 11.8 Å². The van der Waals surface area contributed by atoms with E-state index in [2.05, 4.69) is 170 Å². The van der Waals surface area contributed by atoms with Crippen molar-refractivity contribution in [2.45, 2.75) is 10.3 Å². The summed E-state index contributed by atoms with van der Waals surface area (Å²) in [5, 5.41) is 2.58. The van der Waals surface area contributed by atoms with Gasteiger partial charge in [0.2, 0.25) is 0 Å². The summed E-state index contributed by atoms with van der Waals surface area (Å²) in [5.74, 6) is 0.839. The first-order chi connectivity index (χ1) is 22.8. The van der Waals surface area contributed by atoms with Gasteiger partial charge in [0.05, 0.1) is 5.41 Å². The molecule has 0 spiro atoms. The molecule has 3 atom stereocenters. The van der Waals surface area contributed by atoms with E-state index < -0.39 is 5.41 Å². The Balaban J connectivity index is 1.32. The molecule has 0 N–H and O–H groups in total. The van der Waals surface area contributed by atoms with Crippen LogP contribution in [0.25, 0.3) is 38.6 Å². The molecule has 1 heterocycles. The van der Waals surface area contributed by atoms with Gasteiger partial charge in [0.1, 0.15) is 0 Å². The number of benzene rings is 6. The summed E-state index contributed by atoms with van der Waals surface area (Å²) >= 11 is 1.97. The minimum absolute atomic E-state index is 0.411. The molecule has 6 aromatic carbocycles. The third-order valence-corrected chi connectivity index (χ3v) is 11.8. The Morgan fingerprint density at radius 1 is 0.500 bits per heavy atom. The van der Waals surface area contributed by atoms with Gasteiger partial charge in [-0.05, 0) is 71.3 Å². The highest BCUT2D eigenvalue weighted by atomic mass is 32.2. The van der Waals surface area contributed by atoms with Crippen molar-refractivity contribution in [1.29, 1.82) is 0 Å². The summed E-state index contributed by atoms with van der Waals surface area (Å²) in [6.07, 6.45) is 13.9. The minimum atomic E-state index is -0.500. The molecule has 0 fully saturated rings. The first-order valence-electron chi connectivity index (χ1n) is 16.2. The summed E-state index contributed by atoms with van der Waals surface area (Å²) in [6.45, 7) is 0. The van der Waals surface area contributed by atoms with Crippen molar-refractivity contribution in [3.8, 4) is 22.3 Å². The molecule has 46 heavy (non-hydrogen) atoms. The number of fused-ring (bicyclic) bond motifs is 7. The predicted molar refractivity (Wildman–Crippen MR) is 194 cm³/mol. The van der Waals surface area contributed by atoms with Crippen molar-refractivity contribution in [3.63, 3.8) is 0 Å². The first-order valence-corrected chi connectivity index (χ1v) is 17.0. The summed E-state index contributed by atoms with van der Waals surface area (Å²) in [4.78, 5) is 2.81. The molecule has 3 aliphatic carbocycles. The van der Waals surface area contributed by atoms with Crippen LogP contribution < -0.4 is 0 Å². The van der Waals surface area contributed by atoms with Gasteiger partial charge in [-0.15, -0.1) is 0 Å². The quantitative estimate of drug-likeness (QED) is 0.194. The number of thioether (sulfide) groups is 1. The van der Waals surface area contributed by atoms with Crippen LogP contribution in [0.3, 0.4) is 0 Å². The molecule has 10 rings (SSSR count). The van der Waals surface area contributed by atoms with Gasteiger partial charge in [0.15, 0.2) is 0 Å². The molecule has 6 aromatic rings. The molecule has 1 aliphatic heterocycles. The van der Waals surface area contributed by atoms with Gasteiger partial charge >= 0.3 is 0 Å². The molecule has 4 aliphatic rings. The third kappa shape index (κ3) is 3.47. The van der Waals surface area contributed by atoms with E-state index in [9.17, 15) is 0 Å². The van der Waals surface area contributed by atoms with Gasteiger partial charge in [-0.1, -0.05) is 182 Å². The molecule has 0 saturated carbocycles. The van der Waals surface area contributed by atoms with Crippen molar-refractivity contribution in [3.05, 3.63) is 203 Å². The maximum atomic E-state index is 2.40. The molecular formula is C45H30S. The standard InChI is InChI=1S/C45H30S/c1-2-16-31(17-3-1)45(39-24-8-6-19-33(39)36-28-27-29-13-4-5-18-32(29)43(36)45)40-25-9-7-20-34(40)37-22-12-23-38-35-21-10-14-30-15-11-26-41(42(30)35)46-44(37)38/h1-28,30,42H. The molecule has 0 bridgehead atoms. The highest BCUT2D eigenvalue weighted by Crippen LogP contribution is 2.61. The molecule has 0 amide bonds. The molecule has 0 aromatic heterocycles. The fourth-order valence-corrected chi connectivity index (χ4v) is 10.1. The van der Waals surface area contributed by atoms with Crippen molar-refractivity contribution in [1.82, 2.24) is 0 Å². The molecule has 0 saturated heterocycles. The predicted octanol–water partition coefficient (Wildman–Crippen LogP) is 11.6. The Kier molecular flexibility index (Phi) is 5.65.